The molecular weight excluding hydrogens is 344 g/mol. The minimum absolute atomic E-state index is 0.391. The van der Waals surface area contributed by atoms with Gasteiger partial charge < -0.3 is 23.7 Å². The molecule has 0 aliphatic carbocycles. The molecule has 0 radical (unpaired) electrons. The topological polar surface area (TPSA) is 144 Å². The fraction of sp³-hybridized carbons (Fsp3) is 0.714. The largest absolute Gasteiger partial charge is 0.463 e. The Morgan fingerprint density at radius 1 is 0.800 bits per heavy atom. The summed E-state index contributed by atoms with van der Waals surface area (Å²) in [5.41, 5.74) is 0. The van der Waals surface area contributed by atoms with Gasteiger partial charge in [0, 0.05) is 27.7 Å². The lowest BCUT2D eigenvalue weighted by Crippen LogP contribution is -2.62. The van der Waals surface area contributed by atoms with Crippen molar-refractivity contribution >= 4 is 23.9 Å². The Morgan fingerprint density at radius 2 is 1.28 bits per heavy atom. The van der Waals surface area contributed by atoms with E-state index in [4.69, 9.17) is 28.9 Å². The Bertz CT molecular complexity index is 517. The summed E-state index contributed by atoms with van der Waals surface area (Å²) in [7, 11) is 0. The molecule has 25 heavy (non-hydrogen) atoms. The van der Waals surface area contributed by atoms with Gasteiger partial charge in [0.15, 0.2) is 18.3 Å². The van der Waals surface area contributed by atoms with Gasteiger partial charge in [0.25, 0.3) is 0 Å². The summed E-state index contributed by atoms with van der Waals surface area (Å²) in [6.07, 6.45) is -6.79. The highest BCUT2D eigenvalue weighted by atomic mass is 17.1. The van der Waals surface area contributed by atoms with Crippen LogP contribution >= 0.6 is 0 Å². The predicted molar refractivity (Wildman–Crippen MR) is 75.7 cm³/mol. The van der Waals surface area contributed by atoms with Gasteiger partial charge in [-0.1, -0.05) is 0 Å². The number of rotatable bonds is 6. The minimum atomic E-state index is -1.57. The van der Waals surface area contributed by atoms with Gasteiger partial charge >= 0.3 is 23.9 Å². The Labute approximate surface area is 143 Å². The third-order valence-electron chi connectivity index (χ3n) is 3.05. The average molecular weight is 364 g/mol. The number of hydrogen-bond acceptors (Lipinski definition) is 11. The third kappa shape index (κ3) is 6.29. The molecule has 0 aromatic heterocycles. The molecule has 1 aliphatic heterocycles. The maximum Gasteiger partial charge on any atom is 0.303 e. The van der Waals surface area contributed by atoms with Crippen molar-refractivity contribution in [1.82, 2.24) is 0 Å². The quantitative estimate of drug-likeness (QED) is 0.283. The zero-order valence-corrected chi connectivity index (χ0v) is 14.1. The Morgan fingerprint density at radius 3 is 1.72 bits per heavy atom. The smallest absolute Gasteiger partial charge is 0.303 e. The van der Waals surface area contributed by atoms with Crippen molar-refractivity contribution in [1.29, 1.82) is 0 Å². The summed E-state index contributed by atoms with van der Waals surface area (Å²) < 4.78 is 25.3. The van der Waals surface area contributed by atoms with E-state index in [2.05, 4.69) is 4.89 Å². The van der Waals surface area contributed by atoms with E-state index in [0.717, 1.165) is 27.7 Å². The van der Waals surface area contributed by atoms with Crippen LogP contribution in [0.4, 0.5) is 0 Å². The summed E-state index contributed by atoms with van der Waals surface area (Å²) >= 11 is 0. The Balaban J connectivity index is 3.18. The second-order valence-electron chi connectivity index (χ2n) is 5.17. The van der Waals surface area contributed by atoms with Crippen molar-refractivity contribution in [3.63, 3.8) is 0 Å². The lowest BCUT2D eigenvalue weighted by molar-refractivity contribution is -0.404. The van der Waals surface area contributed by atoms with E-state index in [-0.39, 0.29) is 0 Å². The van der Waals surface area contributed by atoms with Crippen LogP contribution in [0.5, 0.6) is 0 Å². The Kier molecular flexibility index (Phi) is 7.74. The van der Waals surface area contributed by atoms with E-state index >= 15 is 0 Å². The summed E-state index contributed by atoms with van der Waals surface area (Å²) in [5.74, 6) is -2.95. The van der Waals surface area contributed by atoms with Gasteiger partial charge in [0.2, 0.25) is 6.29 Å². The van der Waals surface area contributed by atoms with Crippen molar-refractivity contribution in [3.8, 4) is 0 Å². The maximum absolute atomic E-state index is 11.4. The molecule has 11 nitrogen and oxygen atoms in total. The van der Waals surface area contributed by atoms with Gasteiger partial charge in [-0.3, -0.25) is 19.2 Å². The lowest BCUT2D eigenvalue weighted by atomic mass is 9.98. The van der Waals surface area contributed by atoms with Crippen molar-refractivity contribution in [3.05, 3.63) is 0 Å². The molecule has 1 fully saturated rings. The van der Waals surface area contributed by atoms with Crippen LogP contribution in [0.3, 0.4) is 0 Å². The number of esters is 4. The fourth-order valence-corrected chi connectivity index (χ4v) is 2.27. The molecule has 5 unspecified atom stereocenters. The molecule has 0 aromatic carbocycles. The van der Waals surface area contributed by atoms with E-state index in [1.54, 1.807) is 0 Å². The normalized spacial score (nSPS) is 28.6. The summed E-state index contributed by atoms with van der Waals surface area (Å²) in [4.78, 5) is 49.2. The highest BCUT2D eigenvalue weighted by Crippen LogP contribution is 2.29. The summed E-state index contributed by atoms with van der Waals surface area (Å²) in [6.45, 7) is 4.02. The Hall–Kier alpha value is -2.24. The first-order chi connectivity index (χ1) is 11.6. The molecule has 11 heteroatoms. The zero-order valence-electron chi connectivity index (χ0n) is 14.1. The molecule has 1 N–H and O–H groups in total. The lowest BCUT2D eigenvalue weighted by Gasteiger charge is -2.42. The second-order valence-corrected chi connectivity index (χ2v) is 5.17. The van der Waals surface area contributed by atoms with Crippen molar-refractivity contribution < 1.29 is 53.0 Å². The molecule has 0 saturated carbocycles. The van der Waals surface area contributed by atoms with Crippen LogP contribution in [0.25, 0.3) is 0 Å². The molecule has 0 aromatic rings. The van der Waals surface area contributed by atoms with Crippen LogP contribution in [0.15, 0.2) is 0 Å². The summed E-state index contributed by atoms with van der Waals surface area (Å²) in [6, 6.07) is 0. The van der Waals surface area contributed by atoms with Crippen molar-refractivity contribution in [2.24, 2.45) is 0 Å². The molecule has 142 valence electrons. The summed E-state index contributed by atoms with van der Waals surface area (Å²) in [5, 5.41) is 9.02. The van der Waals surface area contributed by atoms with Gasteiger partial charge in [-0.15, -0.1) is 0 Å². The first-order valence-corrected chi connectivity index (χ1v) is 7.26. The molecule has 0 bridgehead atoms. The fourth-order valence-electron chi connectivity index (χ4n) is 2.27. The van der Waals surface area contributed by atoms with Crippen molar-refractivity contribution in [2.45, 2.75) is 58.4 Å². The molecule has 1 aliphatic rings. The number of carbonyl (C=O) groups is 4. The van der Waals surface area contributed by atoms with E-state index in [9.17, 15) is 19.2 Å². The van der Waals surface area contributed by atoms with Gasteiger partial charge in [0.05, 0.1) is 0 Å². The first-order valence-electron chi connectivity index (χ1n) is 7.26. The molecule has 0 amide bonds. The van der Waals surface area contributed by atoms with Gasteiger partial charge in [-0.05, 0) is 0 Å². The highest BCUT2D eigenvalue weighted by molar-refractivity contribution is 5.68. The number of ether oxygens (including phenoxy) is 5. The van der Waals surface area contributed by atoms with E-state index in [1.807, 2.05) is 0 Å². The molecule has 1 rings (SSSR count). The predicted octanol–water partition coefficient (Wildman–Crippen LogP) is -0.441. The van der Waals surface area contributed by atoms with E-state index < -0.39 is 61.2 Å². The minimum Gasteiger partial charge on any atom is -0.463 e. The first kappa shape index (κ1) is 20.8. The third-order valence-corrected chi connectivity index (χ3v) is 3.05. The standard InChI is InChI=1S/C14H20O11/c1-6(15)20-5-10-11(21-7(2)16)12(22-8(3)17)13(23-9(4)18)14(24-10)25-19/h10-14,19H,5H2,1-4H3. The van der Waals surface area contributed by atoms with Crippen LogP contribution < -0.4 is 0 Å². The van der Waals surface area contributed by atoms with Gasteiger partial charge in [-0.25, -0.2) is 10.1 Å². The number of hydrogen-bond donors (Lipinski definition) is 1. The SMILES string of the molecule is CC(=O)OCC1OC(OO)C(OC(C)=O)C(OC(C)=O)C1OC(C)=O. The average Bonchev–Trinajstić information content (AvgIpc) is 2.48. The second kappa shape index (κ2) is 9.30. The molecule has 1 saturated heterocycles. The molecule has 5 atom stereocenters. The monoisotopic (exact) mass is 364 g/mol. The van der Waals surface area contributed by atoms with Crippen LogP contribution in [-0.2, 0) is 47.8 Å². The highest BCUT2D eigenvalue weighted by Gasteiger charge is 2.53. The zero-order chi connectivity index (χ0) is 19.1. The van der Waals surface area contributed by atoms with E-state index in [1.165, 1.54) is 0 Å². The van der Waals surface area contributed by atoms with Crippen LogP contribution in [-0.4, -0.2) is 66.4 Å². The van der Waals surface area contributed by atoms with Gasteiger partial charge in [0.1, 0.15) is 12.7 Å². The van der Waals surface area contributed by atoms with Crippen LogP contribution in [0, 0.1) is 0 Å². The van der Waals surface area contributed by atoms with E-state index in [0.29, 0.717) is 0 Å². The number of carbonyl (C=O) groups excluding carboxylic acids is 4. The van der Waals surface area contributed by atoms with Crippen molar-refractivity contribution in [2.75, 3.05) is 6.61 Å². The van der Waals surface area contributed by atoms with Gasteiger partial charge in [-0.2, -0.15) is 0 Å². The molecular formula is C14H20O11. The van der Waals surface area contributed by atoms with Crippen LogP contribution in [0.1, 0.15) is 27.7 Å². The maximum atomic E-state index is 11.4. The molecule has 1 heterocycles. The van der Waals surface area contributed by atoms with Crippen LogP contribution in [0.2, 0.25) is 0 Å². The molecule has 0 spiro atoms.